The maximum Gasteiger partial charge on any atom is 0.407 e. The molecule has 1 unspecified atom stereocenters. The smallest absolute Gasteiger partial charge is 0.407 e. The van der Waals surface area contributed by atoms with Gasteiger partial charge in [0.25, 0.3) is 0 Å². The van der Waals surface area contributed by atoms with Gasteiger partial charge in [0.1, 0.15) is 23.1 Å². The van der Waals surface area contributed by atoms with Crippen molar-refractivity contribution in [2.24, 2.45) is 5.41 Å². The zero-order chi connectivity index (χ0) is 35.1. The van der Waals surface area contributed by atoms with Crippen LogP contribution in [-0.2, 0) is 9.47 Å². The van der Waals surface area contributed by atoms with E-state index in [1.165, 1.54) is 37.3 Å². The van der Waals surface area contributed by atoms with E-state index < -0.39 is 52.6 Å². The molecular formula is C34H37F2N5O7. The molecule has 4 aromatic rings. The van der Waals surface area contributed by atoms with Crippen LogP contribution in [0.1, 0.15) is 43.6 Å². The highest BCUT2D eigenvalue weighted by atomic mass is 19.1. The second-order valence-electron chi connectivity index (χ2n) is 12.6. The number of amides is 1. The van der Waals surface area contributed by atoms with Crippen molar-refractivity contribution in [3.05, 3.63) is 75.7 Å². The topological polar surface area (TPSA) is 136 Å². The Morgan fingerprint density at radius 1 is 1.04 bits per heavy atom. The van der Waals surface area contributed by atoms with E-state index >= 15 is 8.78 Å². The fraction of sp³-hybridized carbons (Fsp3) is 0.382. The summed E-state index contributed by atoms with van der Waals surface area (Å²) in [4.78, 5) is 51.5. The number of piperazine rings is 1. The SMILES string of the molecule is COCOc1cccc(F)c1-c1nc2c(cc1F)c(N1CCN(C(=O)O)C(C(C)(C)C)[C@@H]1C)nc(=O)n2-c1c(C)cccc1C(=O)OC. The Hall–Kier alpha value is -5.11. The number of pyridine rings is 1. The summed E-state index contributed by atoms with van der Waals surface area (Å²) in [6, 6.07) is 8.76. The lowest BCUT2D eigenvalue weighted by Crippen LogP contribution is -2.64. The molecule has 2 aromatic carbocycles. The van der Waals surface area contributed by atoms with Crippen molar-refractivity contribution in [1.29, 1.82) is 0 Å². The molecule has 48 heavy (non-hydrogen) atoms. The van der Waals surface area contributed by atoms with Crippen LogP contribution in [0.25, 0.3) is 28.0 Å². The van der Waals surface area contributed by atoms with Gasteiger partial charge in [0.05, 0.1) is 35.4 Å². The highest BCUT2D eigenvalue weighted by molar-refractivity contribution is 5.96. The molecule has 12 nitrogen and oxygen atoms in total. The largest absolute Gasteiger partial charge is 0.467 e. The molecule has 1 amide bonds. The van der Waals surface area contributed by atoms with Gasteiger partial charge in [-0.25, -0.2) is 32.7 Å². The van der Waals surface area contributed by atoms with Crippen molar-refractivity contribution in [3.8, 4) is 22.7 Å². The number of aromatic nitrogens is 3. The van der Waals surface area contributed by atoms with Crippen LogP contribution < -0.4 is 15.3 Å². The number of methoxy groups -OCH3 is 2. The van der Waals surface area contributed by atoms with Crippen molar-refractivity contribution >= 4 is 28.9 Å². The lowest BCUT2D eigenvalue weighted by atomic mass is 9.80. The third-order valence-electron chi connectivity index (χ3n) is 8.48. The first kappa shape index (κ1) is 34.2. The molecule has 5 rings (SSSR count). The standard InChI is InChI=1S/C34H37F2N5O7/c1-18-10-8-11-20(31(42)47-7)27(18)41-30-21(16-23(36)26(37-30)25-22(35)12-9-13-24(25)48-17-46-6)29(38-32(41)43)39-14-15-40(33(44)45)28(19(39)2)34(3,4)5/h8-13,16,19,28H,14-15,17H2,1-7H3,(H,44,45)/t19-,28?/m0/s1. The minimum Gasteiger partial charge on any atom is -0.467 e. The van der Waals surface area contributed by atoms with Crippen molar-refractivity contribution in [1.82, 2.24) is 19.4 Å². The summed E-state index contributed by atoms with van der Waals surface area (Å²) >= 11 is 0. The Kier molecular flexibility index (Phi) is 9.40. The normalized spacial score (nSPS) is 16.7. The summed E-state index contributed by atoms with van der Waals surface area (Å²) in [6.45, 7) is 9.19. The molecule has 1 N–H and O–H groups in total. The zero-order valence-corrected chi connectivity index (χ0v) is 27.7. The summed E-state index contributed by atoms with van der Waals surface area (Å²) in [7, 11) is 2.58. The number of aryl methyl sites for hydroxylation is 1. The zero-order valence-electron chi connectivity index (χ0n) is 27.7. The number of nitrogens with zero attached hydrogens (tertiary/aromatic N) is 5. The molecule has 0 spiro atoms. The minimum absolute atomic E-state index is 0.0226. The van der Waals surface area contributed by atoms with Gasteiger partial charge in [0.2, 0.25) is 0 Å². The molecule has 14 heteroatoms. The number of esters is 1. The quantitative estimate of drug-likeness (QED) is 0.202. The number of benzene rings is 2. The molecule has 1 aliphatic heterocycles. The van der Waals surface area contributed by atoms with Crippen LogP contribution in [0.4, 0.5) is 19.4 Å². The molecular weight excluding hydrogens is 628 g/mol. The number of hydrogen-bond acceptors (Lipinski definition) is 9. The number of carbonyl (C=O) groups excluding carboxylic acids is 1. The second kappa shape index (κ2) is 13.2. The minimum atomic E-state index is -1.08. The van der Waals surface area contributed by atoms with E-state index in [4.69, 9.17) is 14.2 Å². The van der Waals surface area contributed by atoms with E-state index in [1.807, 2.05) is 27.7 Å². The number of carbonyl (C=O) groups is 2. The summed E-state index contributed by atoms with van der Waals surface area (Å²) in [5, 5.41) is 10.1. The second-order valence-corrected chi connectivity index (χ2v) is 12.6. The van der Waals surface area contributed by atoms with E-state index in [0.717, 1.165) is 16.7 Å². The number of carboxylic acid groups (broad SMARTS) is 1. The molecule has 2 atom stereocenters. The van der Waals surface area contributed by atoms with E-state index in [-0.39, 0.29) is 59.3 Å². The molecule has 0 radical (unpaired) electrons. The van der Waals surface area contributed by atoms with E-state index in [1.54, 1.807) is 24.0 Å². The number of rotatable bonds is 7. The van der Waals surface area contributed by atoms with Crippen LogP contribution in [-0.4, -0.2) is 82.8 Å². The highest BCUT2D eigenvalue weighted by Crippen LogP contribution is 2.39. The van der Waals surface area contributed by atoms with Crippen LogP contribution >= 0.6 is 0 Å². The monoisotopic (exact) mass is 665 g/mol. The van der Waals surface area contributed by atoms with Gasteiger partial charge in [0.15, 0.2) is 18.3 Å². The van der Waals surface area contributed by atoms with E-state index in [0.29, 0.717) is 5.56 Å². The van der Waals surface area contributed by atoms with Gasteiger partial charge in [-0.3, -0.25) is 0 Å². The summed E-state index contributed by atoms with van der Waals surface area (Å²) < 4.78 is 48.4. The Bertz CT molecular complexity index is 1960. The maximum atomic E-state index is 16.3. The first-order chi connectivity index (χ1) is 22.7. The van der Waals surface area contributed by atoms with E-state index in [9.17, 15) is 19.5 Å². The average Bonchev–Trinajstić information content (AvgIpc) is 3.02. The summed E-state index contributed by atoms with van der Waals surface area (Å²) in [5.41, 5.74) is -1.67. The number of halogens is 2. The number of para-hydroxylation sites is 1. The fourth-order valence-corrected chi connectivity index (χ4v) is 6.60. The van der Waals surface area contributed by atoms with Gasteiger partial charge in [-0.15, -0.1) is 0 Å². The van der Waals surface area contributed by atoms with Crippen LogP contribution in [0, 0.1) is 24.0 Å². The Morgan fingerprint density at radius 2 is 1.75 bits per heavy atom. The molecule has 0 aliphatic carbocycles. The summed E-state index contributed by atoms with van der Waals surface area (Å²) in [5.74, 6) is -2.51. The van der Waals surface area contributed by atoms with Crippen LogP contribution in [0.5, 0.6) is 5.75 Å². The molecule has 254 valence electrons. The summed E-state index contributed by atoms with van der Waals surface area (Å²) in [6.07, 6.45) is -1.08. The van der Waals surface area contributed by atoms with Crippen molar-refractivity contribution < 1.29 is 37.7 Å². The van der Waals surface area contributed by atoms with Gasteiger partial charge in [-0.2, -0.15) is 4.98 Å². The number of ether oxygens (including phenoxy) is 3. The average molecular weight is 666 g/mol. The van der Waals surface area contributed by atoms with Gasteiger partial charge in [0, 0.05) is 26.2 Å². The molecule has 0 saturated carbocycles. The number of fused-ring (bicyclic) bond motifs is 1. The molecule has 1 fully saturated rings. The third kappa shape index (κ3) is 6.03. The van der Waals surface area contributed by atoms with Gasteiger partial charge in [-0.1, -0.05) is 39.0 Å². The van der Waals surface area contributed by atoms with Gasteiger partial charge >= 0.3 is 17.8 Å². The van der Waals surface area contributed by atoms with Crippen LogP contribution in [0.3, 0.4) is 0 Å². The van der Waals surface area contributed by atoms with E-state index in [2.05, 4.69) is 9.97 Å². The predicted octanol–water partition coefficient (Wildman–Crippen LogP) is 5.41. The van der Waals surface area contributed by atoms with Crippen molar-refractivity contribution in [3.63, 3.8) is 0 Å². The first-order valence-electron chi connectivity index (χ1n) is 15.2. The Balaban J connectivity index is 1.87. The number of anilines is 1. The maximum absolute atomic E-state index is 16.3. The molecule has 1 saturated heterocycles. The molecule has 3 heterocycles. The van der Waals surface area contributed by atoms with Crippen LogP contribution in [0.15, 0.2) is 47.3 Å². The van der Waals surface area contributed by atoms with Crippen molar-refractivity contribution in [2.45, 2.75) is 46.7 Å². The molecule has 2 aromatic heterocycles. The van der Waals surface area contributed by atoms with Gasteiger partial charge in [-0.05, 0) is 49.1 Å². The lowest BCUT2D eigenvalue weighted by Gasteiger charge is -2.51. The van der Waals surface area contributed by atoms with Crippen LogP contribution in [0.2, 0.25) is 0 Å². The lowest BCUT2D eigenvalue weighted by molar-refractivity contribution is 0.0513. The van der Waals surface area contributed by atoms with Crippen molar-refractivity contribution in [2.75, 3.05) is 39.0 Å². The Morgan fingerprint density at radius 3 is 2.40 bits per heavy atom. The third-order valence-corrected chi connectivity index (χ3v) is 8.48. The first-order valence-corrected chi connectivity index (χ1v) is 15.2. The Labute approximate surface area is 275 Å². The number of hydrogen-bond donors (Lipinski definition) is 1. The fourth-order valence-electron chi connectivity index (χ4n) is 6.60. The molecule has 1 aliphatic rings. The molecule has 0 bridgehead atoms. The highest BCUT2D eigenvalue weighted by Gasteiger charge is 2.44. The van der Waals surface area contributed by atoms with Gasteiger partial charge < -0.3 is 29.1 Å². The predicted molar refractivity (Wildman–Crippen MR) is 174 cm³/mol.